The van der Waals surface area contributed by atoms with Crippen molar-refractivity contribution in [1.29, 1.82) is 0 Å². The van der Waals surface area contributed by atoms with Gasteiger partial charge in [-0.15, -0.1) is 10.2 Å². The van der Waals surface area contributed by atoms with Crippen LogP contribution in [0.5, 0.6) is 0 Å². The lowest BCUT2D eigenvalue weighted by molar-refractivity contribution is -0.139. The molecule has 1 amide bonds. The SMILES string of the molecule is O=C(C1CCOCC1)N1CCC(c2nnc3cc4c(nn23)CCC4)CC1. The van der Waals surface area contributed by atoms with Crippen molar-refractivity contribution < 1.29 is 9.53 Å². The second-order valence-electron chi connectivity index (χ2n) is 7.78. The highest BCUT2D eigenvalue weighted by molar-refractivity contribution is 5.79. The number of carbonyl (C=O) groups is 1. The number of carbonyl (C=O) groups excluding carboxylic acids is 1. The van der Waals surface area contributed by atoms with Gasteiger partial charge in [0.1, 0.15) is 0 Å². The summed E-state index contributed by atoms with van der Waals surface area (Å²) in [4.78, 5) is 14.8. The summed E-state index contributed by atoms with van der Waals surface area (Å²) in [7, 11) is 0. The van der Waals surface area contributed by atoms with Crippen LogP contribution in [0.4, 0.5) is 0 Å². The number of aryl methyl sites for hydroxylation is 2. The van der Waals surface area contributed by atoms with Gasteiger partial charge in [0.05, 0.1) is 5.69 Å². The van der Waals surface area contributed by atoms with E-state index in [4.69, 9.17) is 9.84 Å². The number of piperidine rings is 1. The first kappa shape index (κ1) is 16.2. The van der Waals surface area contributed by atoms with Crippen molar-refractivity contribution in [2.45, 2.75) is 50.9 Å². The van der Waals surface area contributed by atoms with Gasteiger partial charge in [0.25, 0.3) is 0 Å². The first-order chi connectivity index (χ1) is 12.8. The Labute approximate surface area is 152 Å². The molecule has 1 aliphatic carbocycles. The van der Waals surface area contributed by atoms with Gasteiger partial charge in [-0.1, -0.05) is 0 Å². The van der Waals surface area contributed by atoms with Crippen LogP contribution in [-0.2, 0) is 22.4 Å². The fraction of sp³-hybridized carbons (Fsp3) is 0.684. The van der Waals surface area contributed by atoms with E-state index in [2.05, 4.69) is 16.3 Å². The van der Waals surface area contributed by atoms with Crippen molar-refractivity contribution in [3.05, 3.63) is 23.1 Å². The van der Waals surface area contributed by atoms with Crippen LogP contribution in [0.1, 0.15) is 55.1 Å². The van der Waals surface area contributed by atoms with Crippen LogP contribution in [0.25, 0.3) is 5.65 Å². The smallest absolute Gasteiger partial charge is 0.225 e. The summed E-state index contributed by atoms with van der Waals surface area (Å²) in [5.41, 5.74) is 3.39. The Hall–Kier alpha value is -2.02. The van der Waals surface area contributed by atoms with Gasteiger partial charge in [-0.05, 0) is 56.6 Å². The summed E-state index contributed by atoms with van der Waals surface area (Å²) in [6.07, 6.45) is 6.95. The van der Waals surface area contributed by atoms with Crippen LogP contribution >= 0.6 is 0 Å². The Kier molecular flexibility index (Phi) is 4.11. The zero-order valence-corrected chi connectivity index (χ0v) is 15.1. The average Bonchev–Trinajstić information content (AvgIpc) is 3.32. The Bertz CT molecular complexity index is 819. The maximum Gasteiger partial charge on any atom is 0.225 e. The lowest BCUT2D eigenvalue weighted by atomic mass is 9.93. The van der Waals surface area contributed by atoms with Gasteiger partial charge in [0, 0.05) is 38.1 Å². The van der Waals surface area contributed by atoms with Crippen molar-refractivity contribution in [3.8, 4) is 0 Å². The van der Waals surface area contributed by atoms with E-state index in [1.54, 1.807) is 0 Å². The third-order valence-electron chi connectivity index (χ3n) is 6.19. The van der Waals surface area contributed by atoms with E-state index in [0.717, 1.165) is 63.1 Å². The van der Waals surface area contributed by atoms with Crippen LogP contribution < -0.4 is 0 Å². The van der Waals surface area contributed by atoms with Gasteiger partial charge in [0.15, 0.2) is 11.5 Å². The number of likely N-dealkylation sites (tertiary alicyclic amines) is 1. The molecule has 138 valence electrons. The minimum absolute atomic E-state index is 0.151. The summed E-state index contributed by atoms with van der Waals surface area (Å²) in [5.74, 6) is 1.76. The predicted molar refractivity (Wildman–Crippen MR) is 94.9 cm³/mol. The van der Waals surface area contributed by atoms with Crippen LogP contribution in [0.3, 0.4) is 0 Å². The minimum Gasteiger partial charge on any atom is -0.381 e. The van der Waals surface area contributed by atoms with Crippen molar-refractivity contribution in [2.75, 3.05) is 26.3 Å². The molecule has 3 aliphatic rings. The molecule has 7 heteroatoms. The number of aromatic nitrogens is 4. The standard InChI is InChI=1S/C19H25N5O2/c25-19(14-6-10-26-11-7-14)23-8-4-13(5-9-23)18-21-20-17-12-15-2-1-3-16(15)22-24(17)18/h12-14H,1-11H2. The lowest BCUT2D eigenvalue weighted by Gasteiger charge is -2.34. The molecule has 2 aliphatic heterocycles. The fourth-order valence-electron chi connectivity index (χ4n) is 4.61. The van der Waals surface area contributed by atoms with Crippen molar-refractivity contribution in [3.63, 3.8) is 0 Å². The molecule has 0 bridgehead atoms. The Morgan fingerprint density at radius 1 is 1.08 bits per heavy atom. The van der Waals surface area contributed by atoms with E-state index in [0.29, 0.717) is 25.0 Å². The zero-order chi connectivity index (χ0) is 17.5. The molecule has 7 nitrogen and oxygen atoms in total. The van der Waals surface area contributed by atoms with Crippen molar-refractivity contribution in [2.24, 2.45) is 5.92 Å². The molecule has 0 aromatic carbocycles. The molecule has 0 saturated carbocycles. The first-order valence-corrected chi connectivity index (χ1v) is 9.90. The number of amides is 1. The molecular weight excluding hydrogens is 330 g/mol. The van der Waals surface area contributed by atoms with Crippen LogP contribution in [0.15, 0.2) is 6.07 Å². The summed E-state index contributed by atoms with van der Waals surface area (Å²) in [6.45, 7) is 3.05. The molecule has 26 heavy (non-hydrogen) atoms. The van der Waals surface area contributed by atoms with Gasteiger partial charge in [-0.2, -0.15) is 9.61 Å². The summed E-state index contributed by atoms with van der Waals surface area (Å²) >= 11 is 0. The molecule has 0 unspecified atom stereocenters. The number of hydrogen-bond donors (Lipinski definition) is 0. The Morgan fingerprint density at radius 3 is 2.69 bits per heavy atom. The highest BCUT2D eigenvalue weighted by atomic mass is 16.5. The van der Waals surface area contributed by atoms with E-state index in [1.807, 2.05) is 9.42 Å². The molecule has 5 rings (SSSR count). The largest absolute Gasteiger partial charge is 0.381 e. The van der Waals surface area contributed by atoms with Crippen LogP contribution in [0, 0.1) is 5.92 Å². The summed E-state index contributed by atoms with van der Waals surface area (Å²) in [6, 6.07) is 2.15. The molecule has 2 fully saturated rings. The van der Waals surface area contributed by atoms with E-state index in [-0.39, 0.29) is 5.92 Å². The monoisotopic (exact) mass is 355 g/mol. The molecule has 0 atom stereocenters. The maximum atomic E-state index is 12.7. The first-order valence-electron chi connectivity index (χ1n) is 9.90. The maximum absolute atomic E-state index is 12.7. The third-order valence-corrected chi connectivity index (χ3v) is 6.19. The lowest BCUT2D eigenvalue weighted by Crippen LogP contribution is -2.43. The molecule has 0 N–H and O–H groups in total. The summed E-state index contributed by atoms with van der Waals surface area (Å²) in [5, 5.41) is 13.6. The second kappa shape index (κ2) is 6.61. The molecule has 2 aromatic rings. The second-order valence-corrected chi connectivity index (χ2v) is 7.78. The molecule has 0 radical (unpaired) electrons. The van der Waals surface area contributed by atoms with Gasteiger partial charge in [-0.25, -0.2) is 0 Å². The molecule has 2 saturated heterocycles. The van der Waals surface area contributed by atoms with Crippen molar-refractivity contribution in [1.82, 2.24) is 24.7 Å². The topological polar surface area (TPSA) is 72.6 Å². The van der Waals surface area contributed by atoms with Crippen LogP contribution in [0.2, 0.25) is 0 Å². The van der Waals surface area contributed by atoms with E-state index < -0.39 is 0 Å². The van der Waals surface area contributed by atoms with Gasteiger partial charge < -0.3 is 9.64 Å². The highest BCUT2D eigenvalue weighted by Crippen LogP contribution is 2.30. The number of hydrogen-bond acceptors (Lipinski definition) is 5. The molecule has 2 aromatic heterocycles. The Morgan fingerprint density at radius 2 is 1.88 bits per heavy atom. The van der Waals surface area contributed by atoms with Crippen molar-refractivity contribution >= 4 is 11.6 Å². The molecule has 4 heterocycles. The van der Waals surface area contributed by atoms with E-state index >= 15 is 0 Å². The van der Waals surface area contributed by atoms with Crippen LogP contribution in [-0.4, -0.2) is 56.9 Å². The van der Waals surface area contributed by atoms with E-state index in [1.165, 1.54) is 17.7 Å². The molecular formula is C19H25N5O2. The van der Waals surface area contributed by atoms with Gasteiger partial charge >= 0.3 is 0 Å². The third kappa shape index (κ3) is 2.78. The number of ether oxygens (including phenoxy) is 1. The normalized spacial score (nSPS) is 22.1. The number of fused-ring (bicyclic) bond motifs is 2. The minimum atomic E-state index is 0.151. The highest BCUT2D eigenvalue weighted by Gasteiger charge is 2.31. The quantitative estimate of drug-likeness (QED) is 0.821. The van der Waals surface area contributed by atoms with Gasteiger partial charge in [-0.3, -0.25) is 4.79 Å². The summed E-state index contributed by atoms with van der Waals surface area (Å²) < 4.78 is 7.33. The number of nitrogens with zero attached hydrogens (tertiary/aromatic N) is 5. The van der Waals surface area contributed by atoms with E-state index in [9.17, 15) is 4.79 Å². The molecule has 0 spiro atoms. The average molecular weight is 355 g/mol. The Balaban J connectivity index is 1.29. The zero-order valence-electron chi connectivity index (χ0n) is 15.1. The predicted octanol–water partition coefficient (Wildman–Crippen LogP) is 1.75. The van der Waals surface area contributed by atoms with Gasteiger partial charge in [0.2, 0.25) is 5.91 Å². The number of rotatable bonds is 2. The fourth-order valence-corrected chi connectivity index (χ4v) is 4.61.